The summed E-state index contributed by atoms with van der Waals surface area (Å²) in [6, 6.07) is 9.23. The first-order chi connectivity index (χ1) is 10.1. The summed E-state index contributed by atoms with van der Waals surface area (Å²) >= 11 is 0. The van der Waals surface area contributed by atoms with Gasteiger partial charge in [-0.05, 0) is 55.5 Å². The monoisotopic (exact) mass is 287 g/mol. The van der Waals surface area contributed by atoms with Crippen molar-refractivity contribution >= 4 is 0 Å². The van der Waals surface area contributed by atoms with Gasteiger partial charge in [-0.25, -0.2) is 8.78 Å². The van der Waals surface area contributed by atoms with Crippen LogP contribution in [0.1, 0.15) is 40.3 Å². The van der Waals surface area contributed by atoms with Crippen molar-refractivity contribution < 1.29 is 8.78 Å². The fourth-order valence-corrected chi connectivity index (χ4v) is 3.16. The van der Waals surface area contributed by atoms with Crippen molar-refractivity contribution in [1.29, 1.82) is 0 Å². The second-order valence-electron chi connectivity index (χ2n) is 5.70. The lowest BCUT2D eigenvalue weighted by atomic mass is 9.94. The first kappa shape index (κ1) is 14.2. The molecule has 3 rings (SSSR count). The molecule has 0 amide bonds. The Kier molecular flexibility index (Phi) is 3.77. The number of aryl methyl sites for hydroxylation is 3. The van der Waals surface area contributed by atoms with Crippen LogP contribution in [0.5, 0.6) is 0 Å². The van der Waals surface area contributed by atoms with Crippen molar-refractivity contribution in [3.63, 3.8) is 0 Å². The van der Waals surface area contributed by atoms with E-state index in [-0.39, 0.29) is 6.04 Å². The van der Waals surface area contributed by atoms with Crippen LogP contribution in [0.25, 0.3) is 0 Å². The van der Waals surface area contributed by atoms with E-state index in [0.29, 0.717) is 11.1 Å². The summed E-state index contributed by atoms with van der Waals surface area (Å²) in [5, 5.41) is 3.11. The standard InChI is InChI=1S/C18H19F2N/c1-11-6-9-15(17(20)16(11)19)18(21-2)14-8-7-12-4-3-5-13(12)10-14/h6-10,18,21H,3-5H2,1-2H3. The zero-order valence-electron chi connectivity index (χ0n) is 12.3. The van der Waals surface area contributed by atoms with E-state index in [0.717, 1.165) is 18.4 Å². The molecular formula is C18H19F2N. The van der Waals surface area contributed by atoms with Gasteiger partial charge in [0.15, 0.2) is 11.6 Å². The van der Waals surface area contributed by atoms with Gasteiger partial charge in [-0.2, -0.15) is 0 Å². The van der Waals surface area contributed by atoms with Crippen LogP contribution in [0, 0.1) is 18.6 Å². The van der Waals surface area contributed by atoms with Crippen LogP contribution in [0.2, 0.25) is 0 Å². The molecule has 1 unspecified atom stereocenters. The third-order valence-electron chi connectivity index (χ3n) is 4.36. The molecule has 0 spiro atoms. The van der Waals surface area contributed by atoms with E-state index in [1.165, 1.54) is 17.5 Å². The molecule has 0 heterocycles. The molecule has 1 N–H and O–H groups in total. The number of halogens is 2. The Morgan fingerprint density at radius 3 is 2.52 bits per heavy atom. The van der Waals surface area contributed by atoms with E-state index >= 15 is 0 Å². The maximum Gasteiger partial charge on any atom is 0.164 e. The Bertz CT molecular complexity index is 679. The Balaban J connectivity index is 2.05. The van der Waals surface area contributed by atoms with E-state index in [4.69, 9.17) is 0 Å². The molecule has 0 saturated carbocycles. The second-order valence-corrected chi connectivity index (χ2v) is 5.70. The molecule has 110 valence electrons. The van der Waals surface area contributed by atoms with Gasteiger partial charge in [0.1, 0.15) is 0 Å². The Morgan fingerprint density at radius 1 is 1.00 bits per heavy atom. The largest absolute Gasteiger partial charge is 0.309 e. The number of nitrogens with one attached hydrogen (secondary N) is 1. The quantitative estimate of drug-likeness (QED) is 0.897. The smallest absolute Gasteiger partial charge is 0.164 e. The molecule has 0 aliphatic heterocycles. The van der Waals surface area contributed by atoms with Crippen molar-refractivity contribution in [3.8, 4) is 0 Å². The molecule has 2 aromatic rings. The summed E-state index contributed by atoms with van der Waals surface area (Å²) in [7, 11) is 1.77. The molecule has 1 atom stereocenters. The van der Waals surface area contributed by atoms with Gasteiger partial charge < -0.3 is 5.32 Å². The van der Waals surface area contributed by atoms with Crippen LogP contribution in [0.4, 0.5) is 8.78 Å². The number of hydrogen-bond donors (Lipinski definition) is 1. The Labute approximate surface area is 124 Å². The minimum absolute atomic E-state index is 0.328. The van der Waals surface area contributed by atoms with Crippen LogP contribution >= 0.6 is 0 Å². The summed E-state index contributed by atoms with van der Waals surface area (Å²) in [6.45, 7) is 1.58. The van der Waals surface area contributed by atoms with Gasteiger partial charge >= 0.3 is 0 Å². The highest BCUT2D eigenvalue weighted by atomic mass is 19.2. The lowest BCUT2D eigenvalue weighted by Gasteiger charge is -2.19. The third kappa shape index (κ3) is 2.46. The molecule has 0 radical (unpaired) electrons. The number of fused-ring (bicyclic) bond motifs is 1. The normalized spacial score (nSPS) is 15.0. The van der Waals surface area contributed by atoms with Crippen LogP contribution in [0.3, 0.4) is 0 Å². The molecule has 1 nitrogen and oxygen atoms in total. The summed E-state index contributed by atoms with van der Waals surface area (Å²) in [5.74, 6) is -1.51. The van der Waals surface area contributed by atoms with E-state index in [2.05, 4.69) is 17.4 Å². The highest BCUT2D eigenvalue weighted by molar-refractivity contribution is 5.41. The van der Waals surface area contributed by atoms with Crippen molar-refractivity contribution in [1.82, 2.24) is 5.32 Å². The highest BCUT2D eigenvalue weighted by Gasteiger charge is 2.21. The fraction of sp³-hybridized carbons (Fsp3) is 0.333. The molecule has 3 heteroatoms. The van der Waals surface area contributed by atoms with Gasteiger partial charge in [-0.1, -0.05) is 30.3 Å². The van der Waals surface area contributed by atoms with Crippen molar-refractivity contribution in [2.45, 2.75) is 32.2 Å². The van der Waals surface area contributed by atoms with Gasteiger partial charge in [0.05, 0.1) is 6.04 Å². The van der Waals surface area contributed by atoms with E-state index in [1.807, 2.05) is 6.07 Å². The van der Waals surface area contributed by atoms with Crippen LogP contribution in [-0.2, 0) is 12.8 Å². The van der Waals surface area contributed by atoms with Crippen molar-refractivity contribution in [2.24, 2.45) is 0 Å². The highest BCUT2D eigenvalue weighted by Crippen LogP contribution is 2.30. The molecule has 0 aromatic heterocycles. The fourth-order valence-electron chi connectivity index (χ4n) is 3.16. The molecule has 0 fully saturated rings. The number of hydrogen-bond acceptors (Lipinski definition) is 1. The summed E-state index contributed by atoms with van der Waals surface area (Å²) in [6.07, 6.45) is 3.37. The number of rotatable bonds is 3. The SMILES string of the molecule is CNC(c1ccc2c(c1)CCC2)c1ccc(C)c(F)c1F. The van der Waals surface area contributed by atoms with Crippen LogP contribution < -0.4 is 5.32 Å². The Morgan fingerprint density at radius 2 is 1.76 bits per heavy atom. The van der Waals surface area contributed by atoms with Crippen LogP contribution in [0.15, 0.2) is 30.3 Å². The molecule has 21 heavy (non-hydrogen) atoms. The molecular weight excluding hydrogens is 268 g/mol. The summed E-state index contributed by atoms with van der Waals surface area (Å²) in [4.78, 5) is 0. The summed E-state index contributed by atoms with van der Waals surface area (Å²) in [5.41, 5.74) is 4.39. The van der Waals surface area contributed by atoms with Gasteiger partial charge in [0.25, 0.3) is 0 Å². The van der Waals surface area contributed by atoms with Crippen molar-refractivity contribution in [2.75, 3.05) is 7.05 Å². The lowest BCUT2D eigenvalue weighted by Crippen LogP contribution is -2.20. The van der Waals surface area contributed by atoms with Gasteiger partial charge in [0, 0.05) is 5.56 Å². The molecule has 0 bridgehead atoms. The maximum atomic E-state index is 14.2. The molecule has 2 aromatic carbocycles. The zero-order chi connectivity index (χ0) is 15.0. The Hall–Kier alpha value is -1.74. The molecule has 1 aliphatic rings. The predicted octanol–water partition coefficient (Wildman–Crippen LogP) is 4.07. The maximum absolute atomic E-state index is 14.2. The number of benzene rings is 2. The minimum Gasteiger partial charge on any atom is -0.309 e. The van der Waals surface area contributed by atoms with Crippen LogP contribution in [-0.4, -0.2) is 7.05 Å². The second kappa shape index (κ2) is 5.57. The average Bonchev–Trinajstić information content (AvgIpc) is 2.95. The van der Waals surface area contributed by atoms with Gasteiger partial charge in [0.2, 0.25) is 0 Å². The van der Waals surface area contributed by atoms with E-state index < -0.39 is 11.6 Å². The van der Waals surface area contributed by atoms with Crippen molar-refractivity contribution in [3.05, 3.63) is 69.8 Å². The first-order valence-corrected chi connectivity index (χ1v) is 7.35. The summed E-state index contributed by atoms with van der Waals surface area (Å²) < 4.78 is 28.1. The third-order valence-corrected chi connectivity index (χ3v) is 4.36. The zero-order valence-corrected chi connectivity index (χ0v) is 12.3. The lowest BCUT2D eigenvalue weighted by molar-refractivity contribution is 0.482. The average molecular weight is 287 g/mol. The predicted molar refractivity (Wildman–Crippen MR) is 80.5 cm³/mol. The van der Waals surface area contributed by atoms with E-state index in [1.54, 1.807) is 26.1 Å². The topological polar surface area (TPSA) is 12.0 Å². The van der Waals surface area contributed by atoms with E-state index in [9.17, 15) is 8.78 Å². The molecule has 0 saturated heterocycles. The van der Waals surface area contributed by atoms with Gasteiger partial charge in [-0.15, -0.1) is 0 Å². The first-order valence-electron chi connectivity index (χ1n) is 7.35. The molecule has 1 aliphatic carbocycles. The minimum atomic E-state index is -0.756. The van der Waals surface area contributed by atoms with Gasteiger partial charge in [-0.3, -0.25) is 0 Å².